The number of thiophene rings is 1. The van der Waals surface area contributed by atoms with Crippen LogP contribution in [-0.4, -0.2) is 0 Å². The van der Waals surface area contributed by atoms with Gasteiger partial charge in [-0.2, -0.15) is 0 Å². The second-order valence-electron chi connectivity index (χ2n) is 5.03. The average Bonchev–Trinajstić information content (AvgIpc) is 2.69. The van der Waals surface area contributed by atoms with Crippen LogP contribution in [0.25, 0.3) is 0 Å². The molecule has 2 rings (SSSR count). The maximum absolute atomic E-state index is 12.9. The first-order valence-corrected chi connectivity index (χ1v) is 7.37. The van der Waals surface area contributed by atoms with Crippen LogP contribution >= 0.6 is 11.3 Å². The van der Waals surface area contributed by atoms with Crippen LogP contribution in [0.2, 0.25) is 0 Å². The molecule has 0 spiro atoms. The Bertz CT molecular complexity index is 544. The minimum Gasteiger partial charge on any atom is -0.304 e. The normalized spacial score (nSPS) is 14.4. The smallest absolute Gasteiger partial charge is 0.123 e. The third kappa shape index (κ3) is 3.43. The number of hydrogen-bond acceptors (Lipinski definition) is 2. The minimum atomic E-state index is -0.187. The first kappa shape index (κ1) is 14.2. The fraction of sp³-hybridized carbons (Fsp3) is 0.375. The zero-order valence-electron chi connectivity index (χ0n) is 11.8. The van der Waals surface area contributed by atoms with Crippen molar-refractivity contribution in [3.8, 4) is 0 Å². The summed E-state index contributed by atoms with van der Waals surface area (Å²) in [5.41, 5.74) is 2.47. The Hall–Kier alpha value is -1.19. The Morgan fingerprint density at radius 1 is 1.05 bits per heavy atom. The fourth-order valence-corrected chi connectivity index (χ4v) is 3.42. The first-order valence-electron chi connectivity index (χ1n) is 6.56. The summed E-state index contributed by atoms with van der Waals surface area (Å²) in [5, 5.41) is 3.57. The third-order valence-electron chi connectivity index (χ3n) is 3.42. The molecule has 0 bridgehead atoms. The van der Waals surface area contributed by atoms with Gasteiger partial charge < -0.3 is 5.32 Å². The van der Waals surface area contributed by atoms with Gasteiger partial charge in [0.2, 0.25) is 0 Å². The SMILES string of the molecule is Cc1cc(C(C)NC(C)c2ccc(F)cc2)c(C)s1. The lowest BCUT2D eigenvalue weighted by Crippen LogP contribution is -2.22. The van der Waals surface area contributed by atoms with Crippen molar-refractivity contribution in [1.82, 2.24) is 5.32 Å². The van der Waals surface area contributed by atoms with Crippen LogP contribution in [0.1, 0.15) is 46.8 Å². The summed E-state index contributed by atoms with van der Waals surface area (Å²) in [7, 11) is 0. The third-order valence-corrected chi connectivity index (χ3v) is 4.40. The highest BCUT2D eigenvalue weighted by Gasteiger charge is 2.14. The maximum atomic E-state index is 12.9. The molecule has 0 fully saturated rings. The molecule has 1 aromatic heterocycles. The Kier molecular flexibility index (Phi) is 4.38. The highest BCUT2D eigenvalue weighted by Crippen LogP contribution is 2.28. The van der Waals surface area contributed by atoms with Crippen molar-refractivity contribution < 1.29 is 4.39 Å². The maximum Gasteiger partial charge on any atom is 0.123 e. The molecule has 0 amide bonds. The summed E-state index contributed by atoms with van der Waals surface area (Å²) < 4.78 is 12.9. The fourth-order valence-electron chi connectivity index (χ4n) is 2.39. The molecule has 1 heterocycles. The van der Waals surface area contributed by atoms with Gasteiger partial charge in [0, 0.05) is 21.8 Å². The topological polar surface area (TPSA) is 12.0 Å². The van der Waals surface area contributed by atoms with Crippen LogP contribution in [0.15, 0.2) is 30.3 Å². The van der Waals surface area contributed by atoms with Crippen LogP contribution in [0, 0.1) is 19.7 Å². The molecule has 19 heavy (non-hydrogen) atoms. The molecule has 0 radical (unpaired) electrons. The second kappa shape index (κ2) is 5.85. The summed E-state index contributed by atoms with van der Waals surface area (Å²) >= 11 is 1.83. The summed E-state index contributed by atoms with van der Waals surface area (Å²) in [6.07, 6.45) is 0. The van der Waals surface area contributed by atoms with Gasteiger partial charge in [-0.25, -0.2) is 4.39 Å². The van der Waals surface area contributed by atoms with Gasteiger partial charge in [-0.05, 0) is 57.0 Å². The number of nitrogens with one attached hydrogen (secondary N) is 1. The molecule has 0 saturated heterocycles. The van der Waals surface area contributed by atoms with E-state index in [9.17, 15) is 4.39 Å². The molecule has 2 unspecified atom stereocenters. The van der Waals surface area contributed by atoms with Gasteiger partial charge in [-0.15, -0.1) is 11.3 Å². The second-order valence-corrected chi connectivity index (χ2v) is 6.49. The lowest BCUT2D eigenvalue weighted by atomic mass is 10.0. The Morgan fingerprint density at radius 3 is 2.21 bits per heavy atom. The van der Waals surface area contributed by atoms with E-state index < -0.39 is 0 Å². The van der Waals surface area contributed by atoms with Gasteiger partial charge in [0.15, 0.2) is 0 Å². The van der Waals surface area contributed by atoms with Crippen LogP contribution in [-0.2, 0) is 0 Å². The molecule has 1 aromatic carbocycles. The lowest BCUT2D eigenvalue weighted by molar-refractivity contribution is 0.493. The van der Waals surface area contributed by atoms with E-state index in [0.29, 0.717) is 6.04 Å². The van der Waals surface area contributed by atoms with E-state index in [1.807, 2.05) is 23.5 Å². The van der Waals surface area contributed by atoms with Gasteiger partial charge in [0.1, 0.15) is 5.82 Å². The van der Waals surface area contributed by atoms with Gasteiger partial charge in [-0.3, -0.25) is 0 Å². The molecule has 0 saturated carbocycles. The van der Waals surface area contributed by atoms with E-state index in [1.54, 1.807) is 0 Å². The van der Waals surface area contributed by atoms with Crippen molar-refractivity contribution >= 4 is 11.3 Å². The van der Waals surface area contributed by atoms with E-state index in [4.69, 9.17) is 0 Å². The number of benzene rings is 1. The van der Waals surface area contributed by atoms with E-state index in [1.165, 1.54) is 27.5 Å². The van der Waals surface area contributed by atoms with Crippen molar-refractivity contribution in [3.05, 3.63) is 57.0 Å². The Morgan fingerprint density at radius 2 is 1.68 bits per heavy atom. The predicted octanol–water partition coefficient (Wildman–Crippen LogP) is 4.92. The molecule has 1 N–H and O–H groups in total. The van der Waals surface area contributed by atoms with Crippen molar-refractivity contribution in [1.29, 1.82) is 0 Å². The zero-order valence-corrected chi connectivity index (χ0v) is 12.6. The van der Waals surface area contributed by atoms with Crippen LogP contribution < -0.4 is 5.32 Å². The van der Waals surface area contributed by atoms with Gasteiger partial charge in [0.25, 0.3) is 0 Å². The molecule has 3 heteroatoms. The summed E-state index contributed by atoms with van der Waals surface area (Å²) in [5.74, 6) is -0.187. The Labute approximate surface area is 118 Å². The molecule has 102 valence electrons. The minimum absolute atomic E-state index is 0.187. The monoisotopic (exact) mass is 277 g/mol. The van der Waals surface area contributed by atoms with Gasteiger partial charge in [0.05, 0.1) is 0 Å². The molecule has 0 aliphatic carbocycles. The highest BCUT2D eigenvalue weighted by atomic mass is 32.1. The molecule has 1 nitrogen and oxygen atoms in total. The predicted molar refractivity (Wildman–Crippen MR) is 80.2 cm³/mol. The van der Waals surface area contributed by atoms with Gasteiger partial charge in [-0.1, -0.05) is 12.1 Å². The number of rotatable bonds is 4. The average molecular weight is 277 g/mol. The zero-order chi connectivity index (χ0) is 14.0. The van der Waals surface area contributed by atoms with Crippen LogP contribution in [0.4, 0.5) is 4.39 Å². The lowest BCUT2D eigenvalue weighted by Gasteiger charge is -2.20. The molecule has 2 atom stereocenters. The van der Waals surface area contributed by atoms with E-state index in [-0.39, 0.29) is 11.9 Å². The summed E-state index contributed by atoms with van der Waals surface area (Å²) in [4.78, 5) is 2.71. The first-order chi connectivity index (χ1) is 8.97. The quantitative estimate of drug-likeness (QED) is 0.836. The standard InChI is InChI=1S/C16H20FNS/c1-10-9-16(13(4)19-10)12(3)18-11(2)14-5-7-15(17)8-6-14/h5-9,11-12,18H,1-4H3. The van der Waals surface area contributed by atoms with Crippen molar-refractivity contribution in [3.63, 3.8) is 0 Å². The molecule has 2 aromatic rings. The van der Waals surface area contributed by atoms with Crippen LogP contribution in [0.5, 0.6) is 0 Å². The molecular weight excluding hydrogens is 257 g/mol. The van der Waals surface area contributed by atoms with E-state index in [0.717, 1.165) is 5.56 Å². The van der Waals surface area contributed by atoms with E-state index >= 15 is 0 Å². The highest BCUT2D eigenvalue weighted by molar-refractivity contribution is 7.12. The molecular formula is C16H20FNS. The summed E-state index contributed by atoms with van der Waals surface area (Å²) in [6.45, 7) is 8.58. The van der Waals surface area contributed by atoms with Crippen molar-refractivity contribution in [2.24, 2.45) is 0 Å². The van der Waals surface area contributed by atoms with Crippen LogP contribution in [0.3, 0.4) is 0 Å². The van der Waals surface area contributed by atoms with Gasteiger partial charge >= 0.3 is 0 Å². The van der Waals surface area contributed by atoms with Crippen molar-refractivity contribution in [2.45, 2.75) is 39.8 Å². The Balaban J connectivity index is 2.08. The number of hydrogen-bond donors (Lipinski definition) is 1. The molecule has 0 aliphatic rings. The number of aryl methyl sites for hydroxylation is 2. The van der Waals surface area contributed by atoms with E-state index in [2.05, 4.69) is 39.1 Å². The summed E-state index contributed by atoms with van der Waals surface area (Å²) in [6, 6.07) is 9.45. The number of halogens is 1. The largest absolute Gasteiger partial charge is 0.304 e. The molecule has 0 aliphatic heterocycles. The van der Waals surface area contributed by atoms with Crippen molar-refractivity contribution in [2.75, 3.05) is 0 Å².